The Morgan fingerprint density at radius 2 is 1.83 bits per heavy atom. The lowest BCUT2D eigenvalue weighted by atomic mass is 10.1. The summed E-state index contributed by atoms with van der Waals surface area (Å²) in [6.45, 7) is 2.03. The highest BCUT2D eigenvalue weighted by Crippen LogP contribution is 2.20. The number of nitrogens with one attached hydrogen (secondary N) is 3. The molecule has 1 atom stereocenters. The second-order valence-corrected chi connectivity index (χ2v) is 7.98. The van der Waals surface area contributed by atoms with Crippen molar-refractivity contribution in [3.8, 4) is 5.88 Å². The number of H-pyrrole nitrogens is 1. The van der Waals surface area contributed by atoms with Crippen molar-refractivity contribution in [3.63, 3.8) is 0 Å². The van der Waals surface area contributed by atoms with Gasteiger partial charge in [0, 0.05) is 35.4 Å². The van der Waals surface area contributed by atoms with E-state index in [1.54, 1.807) is 31.2 Å². The molecule has 2 heterocycles. The standard InChI is InChI=1S/C26H25N5O4.ClH/c1-15-8-9-17(24(32)31-22(13-27)16-6-4-3-5-7-16)11-20(15)29-25(33)19-10-18-14-28-23(35-2)12-21(18)30-26(19)34;/h3-12,14,22H,13,27H2,1-2H3,(H,29,33)(H,30,34)(H,31,32);1H. The molecule has 2 aromatic heterocycles. The summed E-state index contributed by atoms with van der Waals surface area (Å²) in [5.41, 5.74) is 8.14. The van der Waals surface area contributed by atoms with E-state index in [2.05, 4.69) is 20.6 Å². The molecular weight excluding hydrogens is 482 g/mol. The number of pyridine rings is 2. The van der Waals surface area contributed by atoms with Crippen LogP contribution in [0.5, 0.6) is 5.88 Å². The van der Waals surface area contributed by atoms with Crippen molar-refractivity contribution >= 4 is 40.8 Å². The van der Waals surface area contributed by atoms with E-state index in [1.807, 2.05) is 30.3 Å². The summed E-state index contributed by atoms with van der Waals surface area (Å²) in [5.74, 6) is -0.586. The summed E-state index contributed by atoms with van der Waals surface area (Å²) in [5, 5.41) is 6.24. The van der Waals surface area contributed by atoms with Gasteiger partial charge in [0.1, 0.15) is 5.56 Å². The Bertz CT molecular complexity index is 1460. The number of hydrogen-bond acceptors (Lipinski definition) is 6. The third kappa shape index (κ3) is 5.70. The first kappa shape index (κ1) is 26.4. The highest BCUT2D eigenvalue weighted by molar-refractivity contribution is 6.06. The van der Waals surface area contributed by atoms with Gasteiger partial charge < -0.3 is 26.1 Å². The lowest BCUT2D eigenvalue weighted by Crippen LogP contribution is -2.33. The third-order valence-electron chi connectivity index (χ3n) is 5.65. The van der Waals surface area contributed by atoms with Crippen molar-refractivity contribution < 1.29 is 14.3 Å². The zero-order valence-corrected chi connectivity index (χ0v) is 20.5. The number of nitrogens with zero attached hydrogens (tertiary/aromatic N) is 1. The van der Waals surface area contributed by atoms with Gasteiger partial charge in [0.25, 0.3) is 17.4 Å². The van der Waals surface area contributed by atoms with Gasteiger partial charge in [0.2, 0.25) is 5.88 Å². The van der Waals surface area contributed by atoms with Crippen molar-refractivity contribution in [1.29, 1.82) is 0 Å². The van der Waals surface area contributed by atoms with Crippen LogP contribution in [0, 0.1) is 6.92 Å². The van der Waals surface area contributed by atoms with Gasteiger partial charge in [-0.05, 0) is 36.2 Å². The predicted octanol–water partition coefficient (Wildman–Crippen LogP) is 3.34. The molecule has 36 heavy (non-hydrogen) atoms. The molecule has 5 N–H and O–H groups in total. The van der Waals surface area contributed by atoms with Crippen LogP contribution in [-0.4, -0.2) is 35.4 Å². The number of carbonyl (C=O) groups is 2. The fraction of sp³-hybridized carbons (Fsp3) is 0.154. The summed E-state index contributed by atoms with van der Waals surface area (Å²) in [7, 11) is 1.47. The van der Waals surface area contributed by atoms with Crippen molar-refractivity contribution in [2.45, 2.75) is 13.0 Å². The summed E-state index contributed by atoms with van der Waals surface area (Å²) in [6, 6.07) is 17.1. The molecule has 1 unspecified atom stereocenters. The van der Waals surface area contributed by atoms with Crippen molar-refractivity contribution in [2.24, 2.45) is 5.73 Å². The van der Waals surface area contributed by atoms with Gasteiger partial charge >= 0.3 is 0 Å². The molecule has 0 saturated heterocycles. The summed E-state index contributed by atoms with van der Waals surface area (Å²) in [6.07, 6.45) is 1.51. The summed E-state index contributed by atoms with van der Waals surface area (Å²) < 4.78 is 5.07. The molecule has 0 aliphatic rings. The number of aromatic amines is 1. The van der Waals surface area contributed by atoms with Crippen LogP contribution in [0.4, 0.5) is 5.69 Å². The molecule has 186 valence electrons. The first-order chi connectivity index (χ1) is 16.9. The molecule has 2 amide bonds. The fourth-order valence-corrected chi connectivity index (χ4v) is 3.65. The number of ether oxygens (including phenoxy) is 1. The molecule has 4 aromatic rings. The lowest BCUT2D eigenvalue weighted by molar-refractivity contribution is 0.0936. The SMILES string of the molecule is COc1cc2[nH]c(=O)c(C(=O)Nc3cc(C(=O)NC(CN)c4ccccc4)ccc3C)cc2cn1.Cl. The second kappa shape index (κ2) is 11.5. The molecule has 4 rings (SSSR count). The number of aryl methyl sites for hydroxylation is 1. The lowest BCUT2D eigenvalue weighted by Gasteiger charge is -2.18. The topological polar surface area (TPSA) is 139 Å². The number of fused-ring (bicyclic) bond motifs is 1. The van der Waals surface area contributed by atoms with Gasteiger partial charge in [-0.2, -0.15) is 0 Å². The van der Waals surface area contributed by atoms with Crippen LogP contribution in [0.25, 0.3) is 10.9 Å². The minimum Gasteiger partial charge on any atom is -0.481 e. The normalized spacial score (nSPS) is 11.3. The zero-order chi connectivity index (χ0) is 24.9. The maximum atomic E-state index is 13.0. The minimum absolute atomic E-state index is 0. The smallest absolute Gasteiger partial charge is 0.261 e. The molecule has 2 aromatic carbocycles. The first-order valence-electron chi connectivity index (χ1n) is 10.9. The van der Waals surface area contributed by atoms with Gasteiger partial charge in [-0.25, -0.2) is 4.98 Å². The number of methoxy groups -OCH3 is 1. The molecule has 0 aliphatic heterocycles. The van der Waals surface area contributed by atoms with E-state index in [0.29, 0.717) is 28.0 Å². The number of benzene rings is 2. The van der Waals surface area contributed by atoms with Gasteiger partial charge in [0.05, 0.1) is 18.7 Å². The molecular formula is C26H26ClN5O4. The van der Waals surface area contributed by atoms with E-state index >= 15 is 0 Å². The number of anilines is 1. The Hall–Kier alpha value is -4.21. The van der Waals surface area contributed by atoms with Gasteiger partial charge in [-0.15, -0.1) is 12.4 Å². The largest absolute Gasteiger partial charge is 0.481 e. The minimum atomic E-state index is -0.603. The Labute approximate surface area is 213 Å². The first-order valence-corrected chi connectivity index (χ1v) is 10.9. The molecule has 0 aliphatic carbocycles. The highest BCUT2D eigenvalue weighted by Gasteiger charge is 2.17. The van der Waals surface area contributed by atoms with Crippen molar-refractivity contribution in [3.05, 3.63) is 99.5 Å². The van der Waals surface area contributed by atoms with E-state index in [-0.39, 0.29) is 36.5 Å². The quantitative estimate of drug-likeness (QED) is 0.302. The van der Waals surface area contributed by atoms with Crippen LogP contribution >= 0.6 is 12.4 Å². The molecule has 0 radical (unpaired) electrons. The second-order valence-electron chi connectivity index (χ2n) is 7.98. The number of halogens is 1. The van der Waals surface area contributed by atoms with Crippen LogP contribution in [0.1, 0.15) is 37.9 Å². The molecule has 0 saturated carbocycles. The maximum Gasteiger partial charge on any atom is 0.261 e. The fourth-order valence-electron chi connectivity index (χ4n) is 3.65. The van der Waals surface area contributed by atoms with Crippen molar-refractivity contribution in [1.82, 2.24) is 15.3 Å². The number of rotatable bonds is 7. The maximum absolute atomic E-state index is 13.0. The Kier molecular flexibility index (Phi) is 8.42. The zero-order valence-electron chi connectivity index (χ0n) is 19.7. The van der Waals surface area contributed by atoms with E-state index in [9.17, 15) is 14.4 Å². The van der Waals surface area contributed by atoms with Gasteiger partial charge in [0.15, 0.2) is 0 Å². The van der Waals surface area contributed by atoms with E-state index in [0.717, 1.165) is 11.1 Å². The average molecular weight is 508 g/mol. The highest BCUT2D eigenvalue weighted by atomic mass is 35.5. The Morgan fingerprint density at radius 1 is 1.08 bits per heavy atom. The Balaban J connectivity index is 0.00000361. The molecule has 0 bridgehead atoms. The van der Waals surface area contributed by atoms with E-state index in [4.69, 9.17) is 10.5 Å². The van der Waals surface area contributed by atoms with E-state index < -0.39 is 11.5 Å². The van der Waals surface area contributed by atoms with Crippen LogP contribution in [0.15, 0.2) is 71.7 Å². The van der Waals surface area contributed by atoms with Gasteiger partial charge in [-0.3, -0.25) is 14.4 Å². The van der Waals surface area contributed by atoms with Crippen LogP contribution in [0.3, 0.4) is 0 Å². The number of carbonyl (C=O) groups excluding carboxylic acids is 2. The number of aromatic nitrogens is 2. The monoisotopic (exact) mass is 507 g/mol. The number of hydrogen-bond donors (Lipinski definition) is 4. The third-order valence-corrected chi connectivity index (χ3v) is 5.65. The number of amides is 2. The molecule has 0 spiro atoms. The van der Waals surface area contributed by atoms with Crippen LogP contribution in [0.2, 0.25) is 0 Å². The predicted molar refractivity (Wildman–Crippen MR) is 141 cm³/mol. The van der Waals surface area contributed by atoms with Crippen LogP contribution in [-0.2, 0) is 0 Å². The average Bonchev–Trinajstić information content (AvgIpc) is 2.88. The summed E-state index contributed by atoms with van der Waals surface area (Å²) in [4.78, 5) is 45.2. The molecule has 0 fully saturated rings. The number of nitrogens with two attached hydrogens (primary N) is 1. The molecule has 9 nitrogen and oxygen atoms in total. The molecule has 10 heteroatoms. The van der Waals surface area contributed by atoms with Crippen molar-refractivity contribution in [2.75, 3.05) is 19.0 Å². The Morgan fingerprint density at radius 3 is 2.53 bits per heavy atom. The van der Waals surface area contributed by atoms with E-state index in [1.165, 1.54) is 19.4 Å². The van der Waals surface area contributed by atoms with Crippen LogP contribution < -0.4 is 26.7 Å². The summed E-state index contributed by atoms with van der Waals surface area (Å²) >= 11 is 0. The van der Waals surface area contributed by atoms with Gasteiger partial charge in [-0.1, -0.05) is 36.4 Å².